The van der Waals surface area contributed by atoms with Gasteiger partial charge in [-0.2, -0.15) is 0 Å². The highest BCUT2D eigenvalue weighted by Crippen LogP contribution is 2.33. The van der Waals surface area contributed by atoms with Crippen molar-refractivity contribution in [1.29, 1.82) is 0 Å². The molecule has 5 heteroatoms. The van der Waals surface area contributed by atoms with E-state index in [1.807, 2.05) is 48.7 Å². The lowest BCUT2D eigenvalue weighted by Crippen LogP contribution is -2.00. The molecule has 0 amide bonds. The quantitative estimate of drug-likeness (QED) is 0.578. The summed E-state index contributed by atoms with van der Waals surface area (Å²) in [6, 6.07) is 13.5. The van der Waals surface area contributed by atoms with E-state index in [1.165, 1.54) is 0 Å². The van der Waals surface area contributed by atoms with Gasteiger partial charge in [0, 0.05) is 22.9 Å². The Morgan fingerprint density at radius 2 is 1.86 bits per heavy atom. The van der Waals surface area contributed by atoms with Crippen molar-refractivity contribution in [3.63, 3.8) is 0 Å². The van der Waals surface area contributed by atoms with E-state index >= 15 is 0 Å². The maximum atomic E-state index is 11.8. The Morgan fingerprint density at radius 3 is 2.61 bits per heavy atom. The maximum absolute atomic E-state index is 11.8. The number of cyclic esters (lactones) is 1. The van der Waals surface area contributed by atoms with E-state index < -0.39 is 0 Å². The minimum absolute atomic E-state index is 0.264. The highest BCUT2D eigenvalue weighted by molar-refractivity contribution is 5.94. The molecule has 0 N–H and O–H groups in total. The van der Waals surface area contributed by atoms with Crippen LogP contribution in [-0.4, -0.2) is 23.0 Å². The van der Waals surface area contributed by atoms with Crippen LogP contribution in [0.1, 0.15) is 41.4 Å². The van der Waals surface area contributed by atoms with Gasteiger partial charge in [-0.05, 0) is 49.2 Å². The molecular formula is C23H22N2O3. The van der Waals surface area contributed by atoms with E-state index in [4.69, 9.17) is 19.4 Å². The number of hydrogen-bond acceptors (Lipinski definition) is 5. The average Bonchev–Trinajstić information content (AvgIpc) is 3.12. The van der Waals surface area contributed by atoms with Crippen LogP contribution in [0.15, 0.2) is 48.7 Å². The first-order valence-corrected chi connectivity index (χ1v) is 9.50. The highest BCUT2D eigenvalue weighted by Gasteiger charge is 2.22. The van der Waals surface area contributed by atoms with Gasteiger partial charge < -0.3 is 9.47 Å². The van der Waals surface area contributed by atoms with E-state index in [0.29, 0.717) is 12.2 Å². The van der Waals surface area contributed by atoms with Gasteiger partial charge in [-0.25, -0.2) is 9.78 Å². The number of fused-ring (bicyclic) bond motifs is 1. The first-order valence-electron chi connectivity index (χ1n) is 9.50. The third kappa shape index (κ3) is 3.48. The molecule has 0 radical (unpaired) electrons. The SMILES string of the molecule is CCCCc1cnc(-c2ccc(OC)cc2)c(-c2ccc3c(c2)COC3=O)n1. The van der Waals surface area contributed by atoms with Crippen molar-refractivity contribution in [2.24, 2.45) is 0 Å². The number of unbranched alkanes of at least 4 members (excludes halogenated alkanes) is 1. The fourth-order valence-corrected chi connectivity index (χ4v) is 3.35. The number of methoxy groups -OCH3 is 1. The van der Waals surface area contributed by atoms with Gasteiger partial charge in [0.2, 0.25) is 0 Å². The summed E-state index contributed by atoms with van der Waals surface area (Å²) in [7, 11) is 1.65. The van der Waals surface area contributed by atoms with Crippen LogP contribution in [0.4, 0.5) is 0 Å². The molecule has 5 nitrogen and oxygen atoms in total. The standard InChI is InChI=1S/C23H22N2O3/c1-3-4-5-18-13-24-21(15-6-9-19(27-2)10-7-15)22(25-18)16-8-11-20-17(12-16)14-28-23(20)26/h6-13H,3-5,14H2,1-2H3. The zero-order chi connectivity index (χ0) is 19.5. The predicted octanol–water partition coefficient (Wildman–Crippen LogP) is 4.83. The van der Waals surface area contributed by atoms with Gasteiger partial charge >= 0.3 is 5.97 Å². The van der Waals surface area contributed by atoms with Crippen LogP contribution >= 0.6 is 0 Å². The number of nitrogens with zero attached hydrogens (tertiary/aromatic N) is 2. The molecular weight excluding hydrogens is 352 g/mol. The van der Waals surface area contributed by atoms with Crippen molar-refractivity contribution in [2.75, 3.05) is 7.11 Å². The van der Waals surface area contributed by atoms with Gasteiger partial charge in [0.1, 0.15) is 12.4 Å². The second-order valence-corrected chi connectivity index (χ2v) is 6.84. The molecule has 142 valence electrons. The smallest absolute Gasteiger partial charge is 0.338 e. The predicted molar refractivity (Wildman–Crippen MR) is 107 cm³/mol. The van der Waals surface area contributed by atoms with Crippen LogP contribution in [-0.2, 0) is 17.8 Å². The minimum Gasteiger partial charge on any atom is -0.497 e. The fraction of sp³-hybridized carbons (Fsp3) is 0.261. The highest BCUT2D eigenvalue weighted by atomic mass is 16.5. The number of aryl methyl sites for hydroxylation is 1. The summed E-state index contributed by atoms with van der Waals surface area (Å²) in [5.74, 6) is 0.533. The molecule has 0 fully saturated rings. The number of benzene rings is 2. The number of rotatable bonds is 6. The van der Waals surface area contributed by atoms with Crippen LogP contribution in [0.25, 0.3) is 22.5 Å². The fourth-order valence-electron chi connectivity index (χ4n) is 3.35. The Bertz CT molecular complexity index is 1010. The molecule has 1 aliphatic heterocycles. The molecule has 0 spiro atoms. The molecule has 0 atom stereocenters. The lowest BCUT2D eigenvalue weighted by molar-refractivity contribution is 0.0535. The first-order chi connectivity index (χ1) is 13.7. The number of ether oxygens (including phenoxy) is 2. The largest absolute Gasteiger partial charge is 0.497 e. The van der Waals surface area contributed by atoms with E-state index in [9.17, 15) is 4.79 Å². The number of aromatic nitrogens is 2. The first kappa shape index (κ1) is 18.2. The zero-order valence-corrected chi connectivity index (χ0v) is 16.1. The van der Waals surface area contributed by atoms with Crippen LogP contribution in [0.3, 0.4) is 0 Å². The summed E-state index contributed by atoms with van der Waals surface area (Å²) < 4.78 is 10.4. The minimum atomic E-state index is -0.264. The summed E-state index contributed by atoms with van der Waals surface area (Å²) in [5.41, 5.74) is 6.04. The second kappa shape index (κ2) is 7.80. The van der Waals surface area contributed by atoms with Gasteiger partial charge in [-0.3, -0.25) is 4.98 Å². The number of carbonyl (C=O) groups is 1. The summed E-state index contributed by atoms with van der Waals surface area (Å²) in [6.07, 6.45) is 4.93. The van der Waals surface area contributed by atoms with Crippen LogP contribution in [0, 0.1) is 0 Å². The molecule has 3 aromatic rings. The molecule has 0 saturated carbocycles. The zero-order valence-electron chi connectivity index (χ0n) is 16.1. The molecule has 2 aromatic carbocycles. The number of esters is 1. The Hall–Kier alpha value is -3.21. The van der Waals surface area contributed by atoms with Crippen molar-refractivity contribution < 1.29 is 14.3 Å². The van der Waals surface area contributed by atoms with E-state index in [0.717, 1.165) is 58.8 Å². The van der Waals surface area contributed by atoms with Crippen molar-refractivity contribution in [1.82, 2.24) is 9.97 Å². The van der Waals surface area contributed by atoms with Crippen molar-refractivity contribution >= 4 is 5.97 Å². The Balaban J connectivity index is 1.81. The molecule has 0 saturated heterocycles. The van der Waals surface area contributed by atoms with E-state index in [-0.39, 0.29) is 5.97 Å². The maximum Gasteiger partial charge on any atom is 0.338 e. The molecule has 0 unspecified atom stereocenters. The molecule has 0 aliphatic carbocycles. The van der Waals surface area contributed by atoms with Crippen LogP contribution in [0.5, 0.6) is 5.75 Å². The Labute approximate surface area is 164 Å². The summed E-state index contributed by atoms with van der Waals surface area (Å²) in [4.78, 5) is 21.4. The van der Waals surface area contributed by atoms with E-state index in [2.05, 4.69) is 6.92 Å². The lowest BCUT2D eigenvalue weighted by Gasteiger charge is -2.12. The second-order valence-electron chi connectivity index (χ2n) is 6.84. The van der Waals surface area contributed by atoms with Crippen molar-refractivity contribution in [2.45, 2.75) is 32.8 Å². The van der Waals surface area contributed by atoms with Crippen molar-refractivity contribution in [3.05, 3.63) is 65.5 Å². The number of hydrogen-bond donors (Lipinski definition) is 0. The lowest BCUT2D eigenvalue weighted by atomic mass is 9.99. The molecule has 28 heavy (non-hydrogen) atoms. The van der Waals surface area contributed by atoms with Gasteiger partial charge in [0.25, 0.3) is 0 Å². The third-order valence-corrected chi connectivity index (χ3v) is 4.93. The third-order valence-electron chi connectivity index (χ3n) is 4.93. The van der Waals surface area contributed by atoms with Crippen LogP contribution in [0.2, 0.25) is 0 Å². The molecule has 2 heterocycles. The molecule has 1 aromatic heterocycles. The number of carbonyl (C=O) groups excluding carboxylic acids is 1. The molecule has 1 aliphatic rings. The van der Waals surface area contributed by atoms with Gasteiger partial charge in [0.05, 0.1) is 29.8 Å². The van der Waals surface area contributed by atoms with Gasteiger partial charge in [0.15, 0.2) is 0 Å². The Morgan fingerprint density at radius 1 is 1.07 bits per heavy atom. The van der Waals surface area contributed by atoms with Gasteiger partial charge in [-0.15, -0.1) is 0 Å². The van der Waals surface area contributed by atoms with Crippen molar-refractivity contribution in [3.8, 4) is 28.3 Å². The van der Waals surface area contributed by atoms with E-state index in [1.54, 1.807) is 7.11 Å². The summed E-state index contributed by atoms with van der Waals surface area (Å²) in [6.45, 7) is 2.47. The molecule has 0 bridgehead atoms. The molecule has 4 rings (SSSR count). The van der Waals surface area contributed by atoms with Crippen LogP contribution < -0.4 is 4.74 Å². The Kier molecular flexibility index (Phi) is 5.06. The monoisotopic (exact) mass is 374 g/mol. The average molecular weight is 374 g/mol. The summed E-state index contributed by atoms with van der Waals surface area (Å²) >= 11 is 0. The summed E-state index contributed by atoms with van der Waals surface area (Å²) in [5, 5.41) is 0. The van der Waals surface area contributed by atoms with Gasteiger partial charge in [-0.1, -0.05) is 19.4 Å². The normalized spacial score (nSPS) is 12.6. The topological polar surface area (TPSA) is 61.3 Å².